The lowest BCUT2D eigenvalue weighted by Gasteiger charge is -2.08. The third-order valence-electron chi connectivity index (χ3n) is 3.00. The minimum absolute atomic E-state index is 0.145. The van der Waals surface area contributed by atoms with Gasteiger partial charge in [-0.3, -0.25) is 4.79 Å². The highest BCUT2D eigenvalue weighted by Gasteiger charge is 2.09. The number of benzene rings is 2. The van der Waals surface area contributed by atoms with Gasteiger partial charge in [-0.05, 0) is 34.5 Å². The van der Waals surface area contributed by atoms with E-state index in [1.54, 1.807) is 32.0 Å². The maximum atomic E-state index is 11.4. The summed E-state index contributed by atoms with van der Waals surface area (Å²) >= 11 is 0. The number of esters is 1. The van der Waals surface area contributed by atoms with Gasteiger partial charge in [-0.25, -0.2) is 4.79 Å². The van der Waals surface area contributed by atoms with Gasteiger partial charge in [0.05, 0.1) is 11.5 Å². The Balaban J connectivity index is 2.20. The third-order valence-corrected chi connectivity index (χ3v) is 3.00. The molecule has 2 rings (SSSR count). The van der Waals surface area contributed by atoms with E-state index in [9.17, 15) is 9.59 Å². The molecular weight excluding hydrogens is 256 g/mol. The van der Waals surface area contributed by atoms with Crippen LogP contribution in [0.4, 0.5) is 0 Å². The zero-order valence-corrected chi connectivity index (χ0v) is 11.4. The van der Waals surface area contributed by atoms with E-state index in [2.05, 4.69) is 0 Å². The van der Waals surface area contributed by atoms with E-state index < -0.39 is 5.97 Å². The molecule has 0 fully saturated rings. The first-order valence-corrected chi connectivity index (χ1v) is 6.40. The first-order chi connectivity index (χ1) is 9.47. The molecule has 0 aliphatic heterocycles. The van der Waals surface area contributed by atoms with Gasteiger partial charge in [0.25, 0.3) is 0 Å². The Bertz CT molecular complexity index is 659. The maximum Gasteiger partial charge on any atom is 0.335 e. The van der Waals surface area contributed by atoms with E-state index >= 15 is 0 Å². The van der Waals surface area contributed by atoms with Crippen molar-refractivity contribution in [2.45, 2.75) is 20.5 Å². The average molecular weight is 272 g/mol. The predicted octanol–water partition coefficient (Wildman–Crippen LogP) is 3.24. The topological polar surface area (TPSA) is 63.6 Å². The molecule has 0 saturated carbocycles. The van der Waals surface area contributed by atoms with Crippen LogP contribution >= 0.6 is 0 Å². The van der Waals surface area contributed by atoms with Crippen molar-refractivity contribution in [2.24, 2.45) is 5.92 Å². The van der Waals surface area contributed by atoms with Crippen molar-refractivity contribution >= 4 is 22.7 Å². The molecule has 4 nitrogen and oxygen atoms in total. The fourth-order valence-corrected chi connectivity index (χ4v) is 1.84. The Morgan fingerprint density at radius 3 is 2.40 bits per heavy atom. The van der Waals surface area contributed by atoms with Crippen LogP contribution in [0, 0.1) is 5.92 Å². The van der Waals surface area contributed by atoms with E-state index in [1.165, 1.54) is 0 Å². The molecule has 0 bridgehead atoms. The molecule has 0 aliphatic rings. The number of rotatable bonds is 4. The molecule has 2 aromatic rings. The highest BCUT2D eigenvalue weighted by Crippen LogP contribution is 2.19. The number of ether oxygens (including phenoxy) is 1. The van der Waals surface area contributed by atoms with Gasteiger partial charge in [0.1, 0.15) is 6.61 Å². The van der Waals surface area contributed by atoms with Gasteiger partial charge in [-0.15, -0.1) is 0 Å². The monoisotopic (exact) mass is 272 g/mol. The fraction of sp³-hybridized carbons (Fsp3) is 0.250. The van der Waals surface area contributed by atoms with Crippen molar-refractivity contribution in [3.05, 3.63) is 47.5 Å². The SMILES string of the molecule is CC(C)C(=O)OCc1ccc2cc(C(=O)O)ccc2c1. The molecule has 0 heterocycles. The van der Waals surface area contributed by atoms with Crippen molar-refractivity contribution in [3.63, 3.8) is 0 Å². The predicted molar refractivity (Wildman–Crippen MR) is 75.5 cm³/mol. The Morgan fingerprint density at radius 1 is 1.10 bits per heavy atom. The Hall–Kier alpha value is -2.36. The van der Waals surface area contributed by atoms with Crippen molar-refractivity contribution in [3.8, 4) is 0 Å². The third kappa shape index (κ3) is 3.15. The van der Waals surface area contributed by atoms with Crippen LogP contribution in [0.3, 0.4) is 0 Å². The molecule has 1 N–H and O–H groups in total. The minimum atomic E-state index is -0.943. The first-order valence-electron chi connectivity index (χ1n) is 6.40. The number of carboxylic acid groups (broad SMARTS) is 1. The summed E-state index contributed by atoms with van der Waals surface area (Å²) in [7, 11) is 0. The molecule has 2 aromatic carbocycles. The zero-order chi connectivity index (χ0) is 14.7. The molecule has 0 atom stereocenters. The molecule has 0 unspecified atom stereocenters. The number of carbonyl (C=O) groups is 2. The molecule has 0 amide bonds. The Morgan fingerprint density at radius 2 is 1.75 bits per heavy atom. The van der Waals surface area contributed by atoms with E-state index in [-0.39, 0.29) is 24.1 Å². The Labute approximate surface area is 117 Å². The second-order valence-corrected chi connectivity index (χ2v) is 4.96. The van der Waals surface area contributed by atoms with Crippen molar-refractivity contribution in [2.75, 3.05) is 0 Å². The lowest BCUT2D eigenvalue weighted by Crippen LogP contribution is -2.11. The number of hydrogen-bond acceptors (Lipinski definition) is 3. The van der Waals surface area contributed by atoms with Gasteiger partial charge in [0, 0.05) is 0 Å². The molecule has 20 heavy (non-hydrogen) atoms. The fourth-order valence-electron chi connectivity index (χ4n) is 1.84. The highest BCUT2D eigenvalue weighted by atomic mass is 16.5. The van der Waals surface area contributed by atoms with E-state index in [0.717, 1.165) is 16.3 Å². The van der Waals surface area contributed by atoms with Crippen LogP contribution in [0.5, 0.6) is 0 Å². The normalized spacial score (nSPS) is 10.8. The van der Waals surface area contributed by atoms with Crippen molar-refractivity contribution in [1.29, 1.82) is 0 Å². The van der Waals surface area contributed by atoms with Gasteiger partial charge in [-0.1, -0.05) is 32.0 Å². The number of hydrogen-bond donors (Lipinski definition) is 1. The lowest BCUT2D eigenvalue weighted by atomic mass is 10.0. The number of carboxylic acids is 1. The van der Waals surface area contributed by atoms with Crippen LogP contribution in [-0.4, -0.2) is 17.0 Å². The number of carbonyl (C=O) groups excluding carboxylic acids is 1. The summed E-state index contributed by atoms with van der Waals surface area (Å²) in [6, 6.07) is 10.5. The summed E-state index contributed by atoms with van der Waals surface area (Å²) in [5.41, 5.74) is 1.14. The summed E-state index contributed by atoms with van der Waals surface area (Å²) in [5, 5.41) is 10.7. The minimum Gasteiger partial charge on any atom is -0.478 e. The van der Waals surface area contributed by atoms with E-state index in [1.807, 2.05) is 18.2 Å². The summed E-state index contributed by atoms with van der Waals surface area (Å²) in [4.78, 5) is 22.3. The van der Waals surface area contributed by atoms with Crippen LogP contribution in [0.2, 0.25) is 0 Å². The van der Waals surface area contributed by atoms with Crippen LogP contribution in [0.1, 0.15) is 29.8 Å². The van der Waals surface area contributed by atoms with Gasteiger partial charge in [-0.2, -0.15) is 0 Å². The van der Waals surface area contributed by atoms with Crippen molar-refractivity contribution < 1.29 is 19.4 Å². The van der Waals surface area contributed by atoms with Crippen molar-refractivity contribution in [1.82, 2.24) is 0 Å². The van der Waals surface area contributed by atoms with E-state index in [0.29, 0.717) is 0 Å². The molecular formula is C16H16O4. The molecule has 0 radical (unpaired) electrons. The smallest absolute Gasteiger partial charge is 0.335 e. The second kappa shape index (κ2) is 5.74. The van der Waals surface area contributed by atoms with Gasteiger partial charge < -0.3 is 9.84 Å². The van der Waals surface area contributed by atoms with Gasteiger partial charge in [0.15, 0.2) is 0 Å². The Kier molecular flexibility index (Phi) is 4.03. The standard InChI is InChI=1S/C16H16O4/c1-10(2)16(19)20-9-11-3-4-13-8-14(15(17)18)6-5-12(13)7-11/h3-8,10H,9H2,1-2H3,(H,17,18). The van der Waals surface area contributed by atoms with Crippen LogP contribution in [-0.2, 0) is 16.1 Å². The first kappa shape index (κ1) is 14.1. The summed E-state index contributed by atoms with van der Waals surface area (Å²) < 4.78 is 5.17. The quantitative estimate of drug-likeness (QED) is 0.868. The molecule has 0 aliphatic carbocycles. The highest BCUT2D eigenvalue weighted by molar-refractivity contribution is 5.94. The van der Waals surface area contributed by atoms with Crippen LogP contribution in [0.15, 0.2) is 36.4 Å². The average Bonchev–Trinajstić information content (AvgIpc) is 2.43. The second-order valence-electron chi connectivity index (χ2n) is 4.96. The molecule has 4 heteroatoms. The van der Waals surface area contributed by atoms with E-state index in [4.69, 9.17) is 9.84 Å². The molecule has 104 valence electrons. The van der Waals surface area contributed by atoms with Gasteiger partial charge >= 0.3 is 11.9 Å². The lowest BCUT2D eigenvalue weighted by molar-refractivity contribution is -0.148. The molecule has 0 spiro atoms. The summed E-state index contributed by atoms with van der Waals surface area (Å²) in [6.45, 7) is 3.81. The largest absolute Gasteiger partial charge is 0.478 e. The van der Waals surface area contributed by atoms with Crippen LogP contribution < -0.4 is 0 Å². The van der Waals surface area contributed by atoms with Gasteiger partial charge in [0.2, 0.25) is 0 Å². The van der Waals surface area contributed by atoms with Crippen LogP contribution in [0.25, 0.3) is 10.8 Å². The zero-order valence-electron chi connectivity index (χ0n) is 11.4. The molecule has 0 aromatic heterocycles. The number of fused-ring (bicyclic) bond motifs is 1. The molecule has 0 saturated heterocycles. The maximum absolute atomic E-state index is 11.4. The summed E-state index contributed by atoms with van der Waals surface area (Å²) in [6.07, 6.45) is 0. The summed E-state index contributed by atoms with van der Waals surface area (Å²) in [5.74, 6) is -1.32. The number of aromatic carboxylic acids is 1.